The molecule has 3 rings (SSSR count). The molecule has 3 aromatic rings. The van der Waals surface area contributed by atoms with Crippen molar-refractivity contribution in [2.75, 3.05) is 25.1 Å². The van der Waals surface area contributed by atoms with Gasteiger partial charge in [0.15, 0.2) is 11.5 Å². The molecule has 0 fully saturated rings. The van der Waals surface area contributed by atoms with Gasteiger partial charge >= 0.3 is 0 Å². The van der Waals surface area contributed by atoms with Crippen LogP contribution in [0.25, 0.3) is 0 Å². The van der Waals surface area contributed by atoms with E-state index in [-0.39, 0.29) is 23.2 Å². The van der Waals surface area contributed by atoms with E-state index < -0.39 is 15.9 Å². The molecule has 1 N–H and O–H groups in total. The van der Waals surface area contributed by atoms with Crippen LogP contribution in [0, 0.1) is 34.6 Å². The third kappa shape index (κ3) is 6.25. The average Bonchev–Trinajstić information content (AvgIpc) is 2.83. The Morgan fingerprint density at radius 1 is 0.838 bits per heavy atom. The highest BCUT2D eigenvalue weighted by Crippen LogP contribution is 2.33. The van der Waals surface area contributed by atoms with Crippen LogP contribution in [0.5, 0.6) is 11.5 Å². The topological polar surface area (TPSA) is 84.9 Å². The normalized spacial score (nSPS) is 12.1. The first kappa shape index (κ1) is 28.1. The molecule has 0 aromatic heterocycles. The van der Waals surface area contributed by atoms with Crippen molar-refractivity contribution in [1.82, 2.24) is 5.32 Å². The number of rotatable bonds is 9. The zero-order chi connectivity index (χ0) is 27.5. The molecule has 3 aromatic carbocycles. The van der Waals surface area contributed by atoms with Crippen molar-refractivity contribution < 1.29 is 22.7 Å². The molecule has 0 aliphatic carbocycles. The number of hydrogen-bond donors (Lipinski definition) is 1. The van der Waals surface area contributed by atoms with E-state index >= 15 is 0 Å². The van der Waals surface area contributed by atoms with Gasteiger partial charge < -0.3 is 14.8 Å². The first-order chi connectivity index (χ1) is 17.4. The van der Waals surface area contributed by atoms with Gasteiger partial charge in [0.25, 0.3) is 10.0 Å². The molecule has 8 heteroatoms. The lowest BCUT2D eigenvalue weighted by Gasteiger charge is -2.26. The fourth-order valence-corrected chi connectivity index (χ4v) is 5.88. The fourth-order valence-electron chi connectivity index (χ4n) is 4.46. The number of sulfonamides is 1. The van der Waals surface area contributed by atoms with Crippen molar-refractivity contribution >= 4 is 21.6 Å². The van der Waals surface area contributed by atoms with E-state index in [9.17, 15) is 13.2 Å². The zero-order valence-corrected chi connectivity index (χ0v) is 23.6. The number of anilines is 1. The van der Waals surface area contributed by atoms with Crippen LogP contribution >= 0.6 is 0 Å². The number of aryl methyl sites for hydroxylation is 5. The number of hydrogen-bond acceptors (Lipinski definition) is 5. The summed E-state index contributed by atoms with van der Waals surface area (Å²) in [4.78, 5) is 13.3. The van der Waals surface area contributed by atoms with Gasteiger partial charge in [-0.15, -0.1) is 0 Å². The molecule has 0 unspecified atom stereocenters. The van der Waals surface area contributed by atoms with Crippen molar-refractivity contribution in [3.8, 4) is 11.5 Å². The van der Waals surface area contributed by atoms with Crippen LogP contribution in [0.15, 0.2) is 53.4 Å². The minimum absolute atomic E-state index is 0.00448. The van der Waals surface area contributed by atoms with Crippen LogP contribution in [-0.2, 0) is 14.8 Å². The zero-order valence-electron chi connectivity index (χ0n) is 22.8. The summed E-state index contributed by atoms with van der Waals surface area (Å²) >= 11 is 0. The highest BCUT2D eigenvalue weighted by atomic mass is 32.2. The molecule has 0 spiro atoms. The minimum Gasteiger partial charge on any atom is -0.493 e. The second-order valence-corrected chi connectivity index (χ2v) is 11.3. The molecule has 0 aliphatic rings. The van der Waals surface area contributed by atoms with Gasteiger partial charge in [0.1, 0.15) is 6.54 Å². The van der Waals surface area contributed by atoms with Crippen LogP contribution in [0.3, 0.4) is 0 Å². The summed E-state index contributed by atoms with van der Waals surface area (Å²) in [6.45, 7) is 11.4. The van der Waals surface area contributed by atoms with Crippen LogP contribution in [0.1, 0.15) is 46.3 Å². The van der Waals surface area contributed by atoms with Gasteiger partial charge in [0.2, 0.25) is 5.91 Å². The Morgan fingerprint density at radius 2 is 1.43 bits per heavy atom. The molecule has 1 amide bonds. The Balaban J connectivity index is 2.00. The molecule has 0 saturated heterocycles. The summed E-state index contributed by atoms with van der Waals surface area (Å²) in [6.07, 6.45) is 0. The highest BCUT2D eigenvalue weighted by molar-refractivity contribution is 7.92. The van der Waals surface area contributed by atoms with Gasteiger partial charge in [-0.25, -0.2) is 8.42 Å². The number of ether oxygens (including phenoxy) is 2. The molecule has 0 radical (unpaired) electrons. The second-order valence-electron chi connectivity index (χ2n) is 9.46. The van der Waals surface area contributed by atoms with Crippen molar-refractivity contribution in [2.45, 2.75) is 52.5 Å². The van der Waals surface area contributed by atoms with Crippen LogP contribution in [0.4, 0.5) is 5.69 Å². The molecule has 37 heavy (non-hydrogen) atoms. The van der Waals surface area contributed by atoms with Crippen molar-refractivity contribution in [3.63, 3.8) is 0 Å². The SMILES string of the molecule is COc1ccc(S(=O)(=O)N(CC(=O)N[C@@H](C)c2cc(C)c(C)cc2C)c2cc(C)cc(C)c2)cc1OC. The van der Waals surface area contributed by atoms with Crippen molar-refractivity contribution in [1.29, 1.82) is 0 Å². The number of nitrogens with zero attached hydrogens (tertiary/aromatic N) is 1. The van der Waals surface area contributed by atoms with E-state index in [4.69, 9.17) is 9.47 Å². The second kappa shape index (κ2) is 11.3. The van der Waals surface area contributed by atoms with Gasteiger partial charge in [-0.1, -0.05) is 18.2 Å². The molecule has 0 aliphatic heterocycles. The monoisotopic (exact) mass is 524 g/mol. The number of methoxy groups -OCH3 is 2. The molecule has 1 atom stereocenters. The third-order valence-electron chi connectivity index (χ3n) is 6.45. The van der Waals surface area contributed by atoms with Crippen LogP contribution in [-0.4, -0.2) is 35.1 Å². The Labute approximate surface area is 220 Å². The van der Waals surface area contributed by atoms with Crippen molar-refractivity contribution in [2.24, 2.45) is 0 Å². The maximum atomic E-state index is 13.9. The van der Waals surface area contributed by atoms with E-state index in [2.05, 4.69) is 24.4 Å². The Morgan fingerprint density at radius 3 is 2.03 bits per heavy atom. The summed E-state index contributed by atoms with van der Waals surface area (Å²) in [6, 6.07) is 13.7. The first-order valence-electron chi connectivity index (χ1n) is 12.1. The predicted octanol–water partition coefficient (Wildman–Crippen LogP) is 5.32. The van der Waals surface area contributed by atoms with Crippen molar-refractivity contribution in [3.05, 3.63) is 81.9 Å². The summed E-state index contributed by atoms with van der Waals surface area (Å²) in [5.74, 6) is 0.287. The first-order valence-corrected chi connectivity index (χ1v) is 13.5. The molecule has 0 heterocycles. The summed E-state index contributed by atoms with van der Waals surface area (Å²) in [5.41, 5.74) is 6.58. The lowest BCUT2D eigenvalue weighted by Crippen LogP contribution is -2.41. The lowest BCUT2D eigenvalue weighted by atomic mass is 9.96. The van der Waals surface area contributed by atoms with Gasteiger partial charge in [0, 0.05) is 6.07 Å². The van der Waals surface area contributed by atoms with E-state index in [0.717, 1.165) is 32.1 Å². The Hall–Kier alpha value is -3.52. The maximum Gasteiger partial charge on any atom is 0.264 e. The van der Waals surface area contributed by atoms with Gasteiger partial charge in [0.05, 0.1) is 30.8 Å². The minimum atomic E-state index is -4.12. The third-order valence-corrected chi connectivity index (χ3v) is 8.22. The van der Waals surface area contributed by atoms with Gasteiger partial charge in [-0.2, -0.15) is 0 Å². The summed E-state index contributed by atoms with van der Waals surface area (Å²) in [5, 5.41) is 2.99. The number of nitrogens with one attached hydrogen (secondary N) is 1. The number of carbonyl (C=O) groups excluding carboxylic acids is 1. The Kier molecular flexibility index (Phi) is 8.53. The fraction of sp³-hybridized carbons (Fsp3) is 0.345. The van der Waals surface area contributed by atoms with E-state index in [0.29, 0.717) is 11.4 Å². The predicted molar refractivity (Wildman–Crippen MR) is 147 cm³/mol. The molecule has 0 saturated carbocycles. The van der Waals surface area contributed by atoms with Gasteiger partial charge in [-0.3, -0.25) is 9.10 Å². The lowest BCUT2D eigenvalue weighted by molar-refractivity contribution is -0.120. The molecular weight excluding hydrogens is 488 g/mol. The standard InChI is InChI=1S/C29H36N2O5S/c1-18-11-19(2)13-24(12-18)31(37(33,34)25-9-10-27(35-7)28(16-25)36-8)17-29(32)30-23(6)26-15-21(4)20(3)14-22(26)5/h9-16,23H,17H2,1-8H3,(H,30,32)/t23-/m0/s1. The number of carbonyl (C=O) groups is 1. The van der Waals surface area contributed by atoms with Crippen LogP contribution < -0.4 is 19.1 Å². The van der Waals surface area contributed by atoms with E-state index in [1.807, 2.05) is 40.7 Å². The molecule has 198 valence electrons. The maximum absolute atomic E-state index is 13.9. The summed E-state index contributed by atoms with van der Waals surface area (Å²) in [7, 11) is -1.20. The average molecular weight is 525 g/mol. The number of benzene rings is 3. The molecular formula is C29H36N2O5S. The smallest absolute Gasteiger partial charge is 0.264 e. The highest BCUT2D eigenvalue weighted by Gasteiger charge is 2.29. The largest absolute Gasteiger partial charge is 0.493 e. The van der Waals surface area contributed by atoms with Gasteiger partial charge in [-0.05, 0) is 99.2 Å². The summed E-state index contributed by atoms with van der Waals surface area (Å²) < 4.78 is 39.5. The quantitative estimate of drug-likeness (QED) is 0.410. The number of amides is 1. The Bertz CT molecular complexity index is 1400. The van der Waals surface area contributed by atoms with E-state index in [1.54, 1.807) is 12.1 Å². The van der Waals surface area contributed by atoms with Crippen LogP contribution in [0.2, 0.25) is 0 Å². The van der Waals surface area contributed by atoms with E-state index in [1.165, 1.54) is 38.0 Å². The molecule has 7 nitrogen and oxygen atoms in total. The molecule has 0 bridgehead atoms.